The Morgan fingerprint density at radius 3 is 2.46 bits per heavy atom. The molecule has 0 aliphatic carbocycles. The molecule has 1 aromatic heterocycles. The van der Waals surface area contributed by atoms with E-state index < -0.39 is 16.1 Å². The molecular formula is C18H27N3O3S2. The minimum Gasteiger partial charge on any atom is -0.341 e. The van der Waals surface area contributed by atoms with Gasteiger partial charge in [-0.1, -0.05) is 12.5 Å². The van der Waals surface area contributed by atoms with E-state index in [1.165, 1.54) is 15.6 Å². The lowest BCUT2D eigenvalue weighted by molar-refractivity contribution is -0.136. The fourth-order valence-corrected chi connectivity index (χ4v) is 7.38. The Morgan fingerprint density at radius 2 is 1.81 bits per heavy atom. The highest BCUT2D eigenvalue weighted by molar-refractivity contribution is 7.91. The zero-order valence-electron chi connectivity index (χ0n) is 15.0. The normalized spacial score (nSPS) is 30.8. The molecule has 0 saturated carbocycles. The zero-order chi connectivity index (χ0) is 18.1. The predicted molar refractivity (Wildman–Crippen MR) is 102 cm³/mol. The van der Waals surface area contributed by atoms with Gasteiger partial charge < -0.3 is 10.2 Å². The summed E-state index contributed by atoms with van der Waals surface area (Å²) in [4.78, 5) is 15.2. The van der Waals surface area contributed by atoms with Crippen LogP contribution in [0.25, 0.3) is 0 Å². The van der Waals surface area contributed by atoms with E-state index >= 15 is 0 Å². The predicted octanol–water partition coefficient (Wildman–Crippen LogP) is 1.75. The highest BCUT2D eigenvalue weighted by atomic mass is 32.2. The van der Waals surface area contributed by atoms with Crippen LogP contribution in [0.5, 0.6) is 0 Å². The molecule has 0 radical (unpaired) electrons. The molecule has 4 heterocycles. The van der Waals surface area contributed by atoms with Gasteiger partial charge in [0, 0.05) is 19.6 Å². The lowest BCUT2D eigenvalue weighted by atomic mass is 9.92. The summed E-state index contributed by atoms with van der Waals surface area (Å²) in [5.41, 5.74) is 0. The van der Waals surface area contributed by atoms with Crippen LogP contribution in [-0.2, 0) is 14.8 Å². The SMILES string of the molecule is O=C(C1CCCCN1S(=O)(=O)c1cccs1)N1CC[C@@H]2CNC[C@@H]2CC1. The van der Waals surface area contributed by atoms with Crippen molar-refractivity contribution in [2.75, 3.05) is 32.7 Å². The van der Waals surface area contributed by atoms with Gasteiger partial charge in [0.2, 0.25) is 5.91 Å². The molecule has 1 aromatic rings. The fraction of sp³-hybridized carbons (Fsp3) is 0.722. The number of piperidine rings is 1. The summed E-state index contributed by atoms with van der Waals surface area (Å²) in [6.45, 7) is 4.06. The van der Waals surface area contributed by atoms with Gasteiger partial charge in [0.25, 0.3) is 10.0 Å². The minimum atomic E-state index is -3.58. The van der Waals surface area contributed by atoms with Crippen LogP contribution in [0.3, 0.4) is 0 Å². The second-order valence-electron chi connectivity index (χ2n) is 7.64. The largest absolute Gasteiger partial charge is 0.341 e. The van der Waals surface area contributed by atoms with Gasteiger partial charge in [-0.2, -0.15) is 4.31 Å². The molecule has 3 aliphatic rings. The van der Waals surface area contributed by atoms with E-state index in [-0.39, 0.29) is 5.91 Å². The summed E-state index contributed by atoms with van der Waals surface area (Å²) in [5.74, 6) is 1.33. The number of hydrogen-bond acceptors (Lipinski definition) is 5. The smallest absolute Gasteiger partial charge is 0.253 e. The van der Waals surface area contributed by atoms with Crippen molar-refractivity contribution in [1.29, 1.82) is 0 Å². The first-order chi connectivity index (χ1) is 12.6. The van der Waals surface area contributed by atoms with Crippen LogP contribution in [0.4, 0.5) is 0 Å². The van der Waals surface area contributed by atoms with E-state index in [1.807, 2.05) is 4.90 Å². The lowest BCUT2D eigenvalue weighted by Crippen LogP contribution is -2.53. The minimum absolute atomic E-state index is 0.0118. The van der Waals surface area contributed by atoms with Crippen molar-refractivity contribution >= 4 is 27.3 Å². The van der Waals surface area contributed by atoms with Gasteiger partial charge in [-0.3, -0.25) is 4.79 Å². The Bertz CT molecular complexity index is 721. The van der Waals surface area contributed by atoms with E-state index in [9.17, 15) is 13.2 Å². The number of likely N-dealkylation sites (tertiary alicyclic amines) is 1. The van der Waals surface area contributed by atoms with Crippen molar-refractivity contribution in [2.45, 2.75) is 42.4 Å². The summed E-state index contributed by atoms with van der Waals surface area (Å²) in [6.07, 6.45) is 4.41. The average Bonchev–Trinajstić information content (AvgIpc) is 3.31. The maximum atomic E-state index is 13.3. The Morgan fingerprint density at radius 1 is 1.08 bits per heavy atom. The summed E-state index contributed by atoms with van der Waals surface area (Å²) >= 11 is 1.23. The summed E-state index contributed by atoms with van der Waals surface area (Å²) < 4.78 is 27.9. The maximum Gasteiger partial charge on any atom is 0.253 e. The number of nitrogens with zero attached hydrogens (tertiary/aromatic N) is 2. The van der Waals surface area contributed by atoms with Gasteiger partial charge in [-0.15, -0.1) is 11.3 Å². The molecule has 3 fully saturated rings. The van der Waals surface area contributed by atoms with Gasteiger partial charge in [0.1, 0.15) is 10.3 Å². The fourth-order valence-electron chi connectivity index (χ4n) is 4.61. The first-order valence-corrected chi connectivity index (χ1v) is 11.9. The lowest BCUT2D eigenvalue weighted by Gasteiger charge is -2.36. The number of nitrogens with one attached hydrogen (secondary N) is 1. The van der Waals surface area contributed by atoms with Crippen LogP contribution in [-0.4, -0.2) is 62.3 Å². The monoisotopic (exact) mass is 397 g/mol. The number of carbonyl (C=O) groups is 1. The van der Waals surface area contributed by atoms with Crippen molar-refractivity contribution in [2.24, 2.45) is 11.8 Å². The molecule has 0 bridgehead atoms. The topological polar surface area (TPSA) is 69.7 Å². The third-order valence-electron chi connectivity index (χ3n) is 6.13. The third-order valence-corrected chi connectivity index (χ3v) is 9.41. The third kappa shape index (κ3) is 3.44. The number of amides is 1. The van der Waals surface area contributed by atoms with Crippen LogP contribution < -0.4 is 5.32 Å². The Hall–Kier alpha value is -0.960. The number of hydrogen-bond donors (Lipinski definition) is 1. The van der Waals surface area contributed by atoms with Gasteiger partial charge in [-0.05, 0) is 62.1 Å². The average molecular weight is 398 g/mol. The number of rotatable bonds is 3. The Kier molecular flexibility index (Phi) is 5.36. The van der Waals surface area contributed by atoms with Crippen LogP contribution in [0.15, 0.2) is 21.7 Å². The molecular weight excluding hydrogens is 370 g/mol. The highest BCUT2D eigenvalue weighted by Gasteiger charge is 2.41. The Balaban J connectivity index is 1.52. The molecule has 3 atom stereocenters. The van der Waals surface area contributed by atoms with Gasteiger partial charge >= 0.3 is 0 Å². The summed E-state index contributed by atoms with van der Waals surface area (Å²) in [7, 11) is -3.58. The second kappa shape index (κ2) is 7.58. The standard InChI is InChI=1S/C18H27N3O3S2/c22-18(20-9-6-14-12-19-13-15(14)7-10-20)16-4-1-2-8-21(16)26(23,24)17-5-3-11-25-17/h3,5,11,14-16,19H,1-2,4,6-10,12-13H2/t14-,15+,16?. The molecule has 1 N–H and O–H groups in total. The summed E-state index contributed by atoms with van der Waals surface area (Å²) in [5, 5.41) is 5.23. The van der Waals surface area contributed by atoms with E-state index in [4.69, 9.17) is 0 Å². The van der Waals surface area contributed by atoms with Crippen LogP contribution >= 0.6 is 11.3 Å². The highest BCUT2D eigenvalue weighted by Crippen LogP contribution is 2.31. The van der Waals surface area contributed by atoms with Crippen molar-refractivity contribution in [1.82, 2.24) is 14.5 Å². The molecule has 0 aromatic carbocycles. The van der Waals surface area contributed by atoms with E-state index in [0.717, 1.165) is 51.9 Å². The molecule has 1 amide bonds. The van der Waals surface area contributed by atoms with Gasteiger partial charge in [0.15, 0.2) is 0 Å². The molecule has 3 aliphatic heterocycles. The number of fused-ring (bicyclic) bond motifs is 1. The number of carbonyl (C=O) groups excluding carboxylic acids is 1. The molecule has 26 heavy (non-hydrogen) atoms. The van der Waals surface area contributed by atoms with Crippen LogP contribution in [0.1, 0.15) is 32.1 Å². The van der Waals surface area contributed by atoms with Crippen molar-refractivity contribution in [3.05, 3.63) is 17.5 Å². The molecule has 6 nitrogen and oxygen atoms in total. The number of thiophene rings is 1. The van der Waals surface area contributed by atoms with E-state index in [2.05, 4.69) is 5.32 Å². The van der Waals surface area contributed by atoms with Gasteiger partial charge in [0.05, 0.1) is 0 Å². The van der Waals surface area contributed by atoms with Crippen molar-refractivity contribution < 1.29 is 13.2 Å². The molecule has 1 unspecified atom stereocenters. The molecule has 8 heteroatoms. The number of sulfonamides is 1. The molecule has 3 saturated heterocycles. The summed E-state index contributed by atoms with van der Waals surface area (Å²) in [6, 6.07) is 2.85. The van der Waals surface area contributed by atoms with Crippen LogP contribution in [0, 0.1) is 11.8 Å². The van der Waals surface area contributed by atoms with Crippen LogP contribution in [0.2, 0.25) is 0 Å². The van der Waals surface area contributed by atoms with Crippen molar-refractivity contribution in [3.8, 4) is 0 Å². The molecule has 4 rings (SSSR count). The first kappa shape index (κ1) is 18.4. The van der Waals surface area contributed by atoms with Crippen molar-refractivity contribution in [3.63, 3.8) is 0 Å². The first-order valence-electron chi connectivity index (χ1n) is 9.62. The van der Waals surface area contributed by atoms with Gasteiger partial charge in [-0.25, -0.2) is 8.42 Å². The quantitative estimate of drug-likeness (QED) is 0.844. The maximum absolute atomic E-state index is 13.3. The Labute approximate surface area is 159 Å². The van der Waals surface area contributed by atoms with E-state index in [0.29, 0.717) is 29.0 Å². The van der Waals surface area contributed by atoms with E-state index in [1.54, 1.807) is 17.5 Å². The molecule has 0 spiro atoms. The second-order valence-corrected chi connectivity index (χ2v) is 10.7. The molecule has 144 valence electrons. The zero-order valence-corrected chi connectivity index (χ0v) is 16.6.